The molecule has 5 heteroatoms. The van der Waals surface area contributed by atoms with E-state index in [4.69, 9.17) is 14.2 Å². The summed E-state index contributed by atoms with van der Waals surface area (Å²) in [6.07, 6.45) is 78.5. The summed E-state index contributed by atoms with van der Waals surface area (Å²) in [7, 11) is 0. The van der Waals surface area contributed by atoms with Gasteiger partial charge in [-0.2, -0.15) is 0 Å². The molecule has 0 radical (unpaired) electrons. The summed E-state index contributed by atoms with van der Waals surface area (Å²) in [5, 5.41) is 0. The molecule has 390 valence electrons. The largest absolute Gasteiger partial charge is 0.462 e. The van der Waals surface area contributed by atoms with Crippen molar-refractivity contribution in [1.29, 1.82) is 0 Å². The standard InChI is InChI=1S/C63H108O5/c1-4-7-10-13-16-19-22-25-28-31-34-37-40-43-46-49-52-55-58-66-59-61(68-63(65)57-54-51-48-45-42-39-36-33-30-27-24-21-18-15-12-9-6-3)60-67-62(64)56-53-50-47-44-41-38-35-32-29-26-23-20-17-14-11-8-5-2/h7-8,10-11,16-17,19-20,25-30,35,38,61H,4-6,9,12-15,18,21-24,31-34,36-37,39-60H2,1-3H3/b10-7-,11-8-,19-16-,20-17-,28-25-,29-26-,30-27-,38-35-. The first kappa shape index (κ1) is 64.8. The predicted molar refractivity (Wildman–Crippen MR) is 297 cm³/mol. The van der Waals surface area contributed by atoms with Crippen LogP contribution in [0.5, 0.6) is 0 Å². The Morgan fingerprint density at radius 1 is 0.338 bits per heavy atom. The van der Waals surface area contributed by atoms with Crippen LogP contribution in [-0.4, -0.2) is 37.9 Å². The Balaban J connectivity index is 4.35. The topological polar surface area (TPSA) is 61.8 Å². The van der Waals surface area contributed by atoms with Crippen LogP contribution in [0.15, 0.2) is 97.2 Å². The summed E-state index contributed by atoms with van der Waals surface area (Å²) in [6.45, 7) is 7.57. The molecule has 0 saturated carbocycles. The quantitative estimate of drug-likeness (QED) is 0.0345. The van der Waals surface area contributed by atoms with Crippen molar-refractivity contribution in [3.8, 4) is 0 Å². The molecule has 0 aliphatic heterocycles. The van der Waals surface area contributed by atoms with Crippen molar-refractivity contribution < 1.29 is 23.8 Å². The molecule has 0 spiro atoms. The molecule has 0 aromatic carbocycles. The Bertz CT molecular complexity index is 1300. The molecular weight excluding hydrogens is 837 g/mol. The van der Waals surface area contributed by atoms with Crippen LogP contribution < -0.4 is 0 Å². The van der Waals surface area contributed by atoms with Crippen molar-refractivity contribution in [2.75, 3.05) is 19.8 Å². The highest BCUT2D eigenvalue weighted by Gasteiger charge is 2.17. The number of allylic oxidation sites excluding steroid dienone is 16. The maximum atomic E-state index is 12.9. The lowest BCUT2D eigenvalue weighted by molar-refractivity contribution is -0.163. The number of hydrogen-bond acceptors (Lipinski definition) is 5. The molecule has 0 aromatic rings. The normalized spacial score (nSPS) is 12.9. The van der Waals surface area contributed by atoms with E-state index in [-0.39, 0.29) is 25.2 Å². The van der Waals surface area contributed by atoms with Gasteiger partial charge in [-0.3, -0.25) is 9.59 Å². The average molecular weight is 946 g/mol. The van der Waals surface area contributed by atoms with Gasteiger partial charge in [0.2, 0.25) is 0 Å². The predicted octanol–water partition coefficient (Wildman–Crippen LogP) is 19.8. The van der Waals surface area contributed by atoms with Crippen LogP contribution >= 0.6 is 0 Å². The summed E-state index contributed by atoms with van der Waals surface area (Å²) in [5.41, 5.74) is 0. The molecule has 0 bridgehead atoms. The van der Waals surface area contributed by atoms with E-state index in [0.29, 0.717) is 19.4 Å². The molecule has 0 fully saturated rings. The lowest BCUT2D eigenvalue weighted by Crippen LogP contribution is -2.30. The second-order valence-corrected chi connectivity index (χ2v) is 18.8. The van der Waals surface area contributed by atoms with Crippen molar-refractivity contribution in [3.63, 3.8) is 0 Å². The van der Waals surface area contributed by atoms with Crippen molar-refractivity contribution in [2.45, 2.75) is 271 Å². The molecule has 1 unspecified atom stereocenters. The van der Waals surface area contributed by atoms with Gasteiger partial charge in [0.05, 0.1) is 6.61 Å². The van der Waals surface area contributed by atoms with Crippen molar-refractivity contribution in [2.24, 2.45) is 0 Å². The highest BCUT2D eigenvalue weighted by molar-refractivity contribution is 5.70. The molecule has 0 heterocycles. The Kier molecular flexibility index (Phi) is 55.4. The van der Waals surface area contributed by atoms with Crippen LogP contribution in [0.4, 0.5) is 0 Å². The summed E-state index contributed by atoms with van der Waals surface area (Å²) >= 11 is 0. The first-order valence-electron chi connectivity index (χ1n) is 28.8. The van der Waals surface area contributed by atoms with Crippen LogP contribution in [0, 0.1) is 0 Å². The maximum Gasteiger partial charge on any atom is 0.306 e. The van der Waals surface area contributed by atoms with Gasteiger partial charge in [-0.25, -0.2) is 0 Å². The first-order valence-corrected chi connectivity index (χ1v) is 28.8. The van der Waals surface area contributed by atoms with E-state index >= 15 is 0 Å². The average Bonchev–Trinajstić information content (AvgIpc) is 3.34. The molecule has 1 atom stereocenters. The molecule has 0 saturated heterocycles. The fourth-order valence-corrected chi connectivity index (χ4v) is 7.86. The van der Waals surface area contributed by atoms with E-state index < -0.39 is 6.10 Å². The van der Waals surface area contributed by atoms with Crippen LogP contribution in [0.2, 0.25) is 0 Å². The zero-order valence-electron chi connectivity index (χ0n) is 44.8. The van der Waals surface area contributed by atoms with Gasteiger partial charge in [-0.15, -0.1) is 0 Å². The number of carbonyl (C=O) groups excluding carboxylic acids is 2. The van der Waals surface area contributed by atoms with Gasteiger partial charge in [0.25, 0.3) is 0 Å². The second-order valence-electron chi connectivity index (χ2n) is 18.8. The van der Waals surface area contributed by atoms with E-state index in [9.17, 15) is 9.59 Å². The summed E-state index contributed by atoms with van der Waals surface area (Å²) in [5.74, 6) is -0.431. The zero-order valence-corrected chi connectivity index (χ0v) is 44.8. The fraction of sp³-hybridized carbons (Fsp3) is 0.714. The van der Waals surface area contributed by atoms with E-state index in [0.717, 1.165) is 109 Å². The van der Waals surface area contributed by atoms with Crippen LogP contribution in [0.1, 0.15) is 265 Å². The molecular formula is C63H108O5. The Morgan fingerprint density at radius 3 is 1.07 bits per heavy atom. The number of rotatable bonds is 52. The number of carbonyl (C=O) groups is 2. The third kappa shape index (κ3) is 55.4. The van der Waals surface area contributed by atoms with Gasteiger partial charge >= 0.3 is 11.9 Å². The minimum absolute atomic E-state index is 0.0639. The van der Waals surface area contributed by atoms with Crippen molar-refractivity contribution in [1.82, 2.24) is 0 Å². The molecule has 0 rings (SSSR count). The van der Waals surface area contributed by atoms with Crippen LogP contribution in [0.3, 0.4) is 0 Å². The number of unbranched alkanes of at least 4 members (excludes halogenated alkanes) is 25. The Labute approximate surface area is 422 Å². The third-order valence-corrected chi connectivity index (χ3v) is 12.1. The lowest BCUT2D eigenvalue weighted by atomic mass is 10.1. The zero-order chi connectivity index (χ0) is 49.2. The molecule has 0 amide bonds. The smallest absolute Gasteiger partial charge is 0.306 e. The van der Waals surface area contributed by atoms with Gasteiger partial charge in [-0.1, -0.05) is 234 Å². The van der Waals surface area contributed by atoms with E-state index in [1.807, 2.05) is 0 Å². The minimum atomic E-state index is -0.559. The van der Waals surface area contributed by atoms with E-state index in [1.165, 1.54) is 122 Å². The van der Waals surface area contributed by atoms with Crippen LogP contribution in [0.25, 0.3) is 0 Å². The highest BCUT2D eigenvalue weighted by Crippen LogP contribution is 2.14. The van der Waals surface area contributed by atoms with Gasteiger partial charge in [-0.05, 0) is 116 Å². The van der Waals surface area contributed by atoms with Crippen molar-refractivity contribution >= 4 is 11.9 Å². The Hall–Kier alpha value is -3.18. The molecule has 0 aliphatic rings. The molecule has 0 N–H and O–H groups in total. The molecule has 0 aromatic heterocycles. The van der Waals surface area contributed by atoms with Gasteiger partial charge in [0, 0.05) is 19.4 Å². The summed E-state index contributed by atoms with van der Waals surface area (Å²) in [6, 6.07) is 0. The minimum Gasteiger partial charge on any atom is -0.462 e. The number of hydrogen-bond donors (Lipinski definition) is 0. The SMILES string of the molecule is CC/C=C\C/C=C\C/C=C\C/C=C\CCCCCCC(=O)OCC(COCCCCCCCCCC/C=C\C/C=C\C/C=C\CC)OC(=O)CCCCCCCCC/C=C\CCCCCCCC. The van der Waals surface area contributed by atoms with Gasteiger partial charge < -0.3 is 14.2 Å². The number of ether oxygens (including phenoxy) is 3. The van der Waals surface area contributed by atoms with E-state index in [2.05, 4.69) is 118 Å². The second kappa shape index (κ2) is 58.1. The monoisotopic (exact) mass is 945 g/mol. The van der Waals surface area contributed by atoms with Gasteiger partial charge in [0.1, 0.15) is 6.61 Å². The molecule has 5 nitrogen and oxygen atoms in total. The highest BCUT2D eigenvalue weighted by atomic mass is 16.6. The molecule has 68 heavy (non-hydrogen) atoms. The number of esters is 2. The third-order valence-electron chi connectivity index (χ3n) is 12.1. The Morgan fingerprint density at radius 2 is 0.662 bits per heavy atom. The van der Waals surface area contributed by atoms with Crippen LogP contribution in [-0.2, 0) is 23.8 Å². The molecule has 0 aliphatic carbocycles. The fourth-order valence-electron chi connectivity index (χ4n) is 7.86. The maximum absolute atomic E-state index is 12.9. The van der Waals surface area contributed by atoms with Gasteiger partial charge in [0.15, 0.2) is 6.10 Å². The summed E-state index contributed by atoms with van der Waals surface area (Å²) < 4.78 is 17.5. The van der Waals surface area contributed by atoms with Crippen molar-refractivity contribution in [3.05, 3.63) is 97.2 Å². The van der Waals surface area contributed by atoms with E-state index in [1.54, 1.807) is 0 Å². The summed E-state index contributed by atoms with van der Waals surface area (Å²) in [4.78, 5) is 25.5. The lowest BCUT2D eigenvalue weighted by Gasteiger charge is -2.18. The first-order chi connectivity index (χ1) is 33.6.